The molecular formula is C32H28ClN3O8. The van der Waals surface area contributed by atoms with E-state index in [9.17, 15) is 14.4 Å². The molecule has 226 valence electrons. The van der Waals surface area contributed by atoms with Crippen molar-refractivity contribution in [2.75, 3.05) is 33.8 Å². The molecular weight excluding hydrogens is 590 g/mol. The molecule has 4 aromatic rings. The van der Waals surface area contributed by atoms with Crippen LogP contribution >= 0.6 is 11.6 Å². The first kappa shape index (κ1) is 31.4. The minimum atomic E-state index is -0.677. The molecule has 2 N–H and O–H groups in total. The lowest BCUT2D eigenvalue weighted by Gasteiger charge is -2.14. The van der Waals surface area contributed by atoms with Gasteiger partial charge in [0.2, 0.25) is 5.75 Å². The number of ether oxygens (including phenoxy) is 5. The molecule has 4 rings (SSSR count). The second-order valence-electron chi connectivity index (χ2n) is 8.92. The standard InChI is InChI=1S/C32H28ClN3O8/c1-40-26-13-12-22(33)17-24(26)31(38)35-23-10-7-9-19(14-23)30(37)36-34-18-20-8-5-6-11-25(20)44-32(39)21-15-27(41-2)29(43-4)28(16-21)42-3/h5-18H,1-4H3,(H,35,38)(H,36,37). The number of nitrogens with one attached hydrogen (secondary N) is 2. The van der Waals surface area contributed by atoms with E-state index < -0.39 is 17.8 Å². The smallest absolute Gasteiger partial charge is 0.343 e. The molecule has 0 bridgehead atoms. The zero-order chi connectivity index (χ0) is 31.6. The molecule has 0 fully saturated rings. The summed E-state index contributed by atoms with van der Waals surface area (Å²) in [6.45, 7) is 0. The third-order valence-electron chi connectivity index (χ3n) is 6.18. The van der Waals surface area contributed by atoms with Gasteiger partial charge in [0.15, 0.2) is 11.5 Å². The summed E-state index contributed by atoms with van der Waals surface area (Å²) in [5.41, 5.74) is 3.87. The van der Waals surface area contributed by atoms with Gasteiger partial charge in [-0.2, -0.15) is 5.10 Å². The first-order valence-corrected chi connectivity index (χ1v) is 13.3. The number of hydrazone groups is 1. The maximum absolute atomic E-state index is 13.0. The van der Waals surface area contributed by atoms with Crippen molar-refractivity contribution in [2.45, 2.75) is 0 Å². The Kier molecular flexibility index (Phi) is 10.4. The van der Waals surface area contributed by atoms with Crippen molar-refractivity contribution in [3.63, 3.8) is 0 Å². The van der Waals surface area contributed by atoms with E-state index in [-0.39, 0.29) is 22.4 Å². The first-order valence-electron chi connectivity index (χ1n) is 13.0. The Morgan fingerprint density at radius 1 is 0.705 bits per heavy atom. The molecule has 0 saturated carbocycles. The lowest BCUT2D eigenvalue weighted by molar-refractivity contribution is 0.0733. The molecule has 12 heteroatoms. The lowest BCUT2D eigenvalue weighted by Crippen LogP contribution is -2.18. The van der Waals surface area contributed by atoms with Crippen LogP contribution in [-0.4, -0.2) is 52.4 Å². The van der Waals surface area contributed by atoms with Gasteiger partial charge in [0.1, 0.15) is 11.5 Å². The number of rotatable bonds is 11. The van der Waals surface area contributed by atoms with Gasteiger partial charge in [-0.1, -0.05) is 29.8 Å². The highest BCUT2D eigenvalue weighted by Gasteiger charge is 2.19. The van der Waals surface area contributed by atoms with Crippen LogP contribution in [0.4, 0.5) is 5.69 Å². The van der Waals surface area contributed by atoms with Gasteiger partial charge in [-0.15, -0.1) is 0 Å². The number of methoxy groups -OCH3 is 4. The Bertz CT molecular complexity index is 1700. The molecule has 11 nitrogen and oxygen atoms in total. The van der Waals surface area contributed by atoms with E-state index in [1.165, 1.54) is 58.9 Å². The van der Waals surface area contributed by atoms with Crippen molar-refractivity contribution in [3.05, 3.63) is 106 Å². The Labute approximate surface area is 258 Å². The molecule has 0 aromatic heterocycles. The van der Waals surface area contributed by atoms with Crippen LogP contribution in [0.5, 0.6) is 28.7 Å². The summed E-state index contributed by atoms with van der Waals surface area (Å²) >= 11 is 6.04. The highest BCUT2D eigenvalue weighted by Crippen LogP contribution is 2.38. The van der Waals surface area contributed by atoms with Crippen LogP contribution < -0.4 is 34.4 Å². The fourth-order valence-corrected chi connectivity index (χ4v) is 4.23. The highest BCUT2D eigenvalue weighted by atomic mass is 35.5. The minimum absolute atomic E-state index is 0.167. The van der Waals surface area contributed by atoms with E-state index in [1.807, 2.05) is 0 Å². The zero-order valence-corrected chi connectivity index (χ0v) is 24.9. The molecule has 0 spiro atoms. The molecule has 0 aliphatic rings. The lowest BCUT2D eigenvalue weighted by atomic mass is 10.1. The predicted molar refractivity (Wildman–Crippen MR) is 165 cm³/mol. The summed E-state index contributed by atoms with van der Waals surface area (Å²) in [5.74, 6) is -0.196. The Hall–Kier alpha value is -5.55. The van der Waals surface area contributed by atoms with Crippen molar-refractivity contribution in [1.82, 2.24) is 5.43 Å². The van der Waals surface area contributed by atoms with Crippen LogP contribution in [0, 0.1) is 0 Å². The van der Waals surface area contributed by atoms with Gasteiger partial charge >= 0.3 is 5.97 Å². The van der Waals surface area contributed by atoms with Crippen molar-refractivity contribution < 1.29 is 38.1 Å². The summed E-state index contributed by atoms with van der Waals surface area (Å²) in [5, 5.41) is 7.12. The molecule has 0 saturated heterocycles. The average Bonchev–Trinajstić information content (AvgIpc) is 3.04. The Morgan fingerprint density at radius 3 is 2.09 bits per heavy atom. The number of halogens is 1. The van der Waals surface area contributed by atoms with Crippen molar-refractivity contribution in [2.24, 2.45) is 5.10 Å². The molecule has 2 amide bonds. The number of hydrogen-bond acceptors (Lipinski definition) is 9. The second-order valence-corrected chi connectivity index (χ2v) is 9.36. The maximum atomic E-state index is 13.0. The molecule has 4 aromatic carbocycles. The second kappa shape index (κ2) is 14.6. The number of esters is 1. The number of carbonyl (C=O) groups is 3. The highest BCUT2D eigenvalue weighted by molar-refractivity contribution is 6.31. The van der Waals surface area contributed by atoms with Gasteiger partial charge < -0.3 is 29.0 Å². The van der Waals surface area contributed by atoms with Gasteiger partial charge in [-0.25, -0.2) is 10.2 Å². The summed E-state index contributed by atoms with van der Waals surface area (Å²) in [6.07, 6.45) is 1.34. The van der Waals surface area contributed by atoms with Crippen LogP contribution in [0.1, 0.15) is 36.6 Å². The summed E-state index contributed by atoms with van der Waals surface area (Å²) in [7, 11) is 5.79. The quantitative estimate of drug-likeness (QED) is 0.0960. The SMILES string of the molecule is COc1ccc(Cl)cc1C(=O)Nc1cccc(C(=O)NN=Cc2ccccc2OC(=O)c2cc(OC)c(OC)c(OC)c2)c1. The van der Waals surface area contributed by atoms with Gasteiger partial charge in [-0.3, -0.25) is 9.59 Å². The molecule has 44 heavy (non-hydrogen) atoms. The number of nitrogens with zero attached hydrogens (tertiary/aromatic N) is 1. The minimum Gasteiger partial charge on any atom is -0.496 e. The fraction of sp³-hybridized carbons (Fsp3) is 0.125. The summed E-state index contributed by atoms with van der Waals surface area (Å²) in [4.78, 5) is 38.6. The Morgan fingerprint density at radius 2 is 1.41 bits per heavy atom. The third kappa shape index (κ3) is 7.44. The molecule has 0 radical (unpaired) electrons. The molecule has 0 unspecified atom stereocenters. The molecule has 0 aliphatic heterocycles. The van der Waals surface area contributed by atoms with E-state index >= 15 is 0 Å². The third-order valence-corrected chi connectivity index (χ3v) is 6.42. The maximum Gasteiger partial charge on any atom is 0.343 e. The average molecular weight is 618 g/mol. The van der Waals surface area contributed by atoms with Crippen LogP contribution in [0.3, 0.4) is 0 Å². The fourth-order valence-electron chi connectivity index (χ4n) is 4.06. The van der Waals surface area contributed by atoms with Crippen LogP contribution in [0.15, 0.2) is 84.0 Å². The van der Waals surface area contributed by atoms with Crippen LogP contribution in [-0.2, 0) is 0 Å². The monoisotopic (exact) mass is 617 g/mol. The van der Waals surface area contributed by atoms with E-state index in [0.717, 1.165) is 0 Å². The largest absolute Gasteiger partial charge is 0.496 e. The number of anilines is 1. The van der Waals surface area contributed by atoms with Crippen LogP contribution in [0.2, 0.25) is 5.02 Å². The van der Waals surface area contributed by atoms with Gasteiger partial charge in [0.25, 0.3) is 11.8 Å². The van der Waals surface area contributed by atoms with Gasteiger partial charge in [0.05, 0.1) is 45.8 Å². The molecule has 0 heterocycles. The summed E-state index contributed by atoms with van der Waals surface area (Å²) in [6, 6.07) is 20.6. The number of hydrogen-bond donors (Lipinski definition) is 2. The van der Waals surface area contributed by atoms with Crippen molar-refractivity contribution in [3.8, 4) is 28.7 Å². The summed E-state index contributed by atoms with van der Waals surface area (Å²) < 4.78 is 26.8. The van der Waals surface area contributed by atoms with Gasteiger partial charge in [0, 0.05) is 21.8 Å². The molecule has 0 atom stereocenters. The normalized spacial score (nSPS) is 10.6. The first-order chi connectivity index (χ1) is 21.3. The van der Waals surface area contributed by atoms with Crippen LogP contribution in [0.25, 0.3) is 0 Å². The predicted octanol–water partition coefficient (Wildman–Crippen LogP) is 5.61. The number of para-hydroxylation sites is 1. The van der Waals surface area contributed by atoms with E-state index in [1.54, 1.807) is 54.6 Å². The van der Waals surface area contributed by atoms with Crippen molar-refractivity contribution >= 4 is 41.3 Å². The zero-order valence-electron chi connectivity index (χ0n) is 24.2. The molecule has 0 aliphatic carbocycles. The number of amides is 2. The topological polar surface area (TPSA) is 134 Å². The van der Waals surface area contributed by atoms with Crippen molar-refractivity contribution in [1.29, 1.82) is 0 Å². The number of benzene rings is 4. The van der Waals surface area contributed by atoms with E-state index in [4.69, 9.17) is 35.3 Å². The van der Waals surface area contributed by atoms with Gasteiger partial charge in [-0.05, 0) is 60.7 Å². The van der Waals surface area contributed by atoms with E-state index in [2.05, 4.69) is 15.8 Å². The van der Waals surface area contributed by atoms with E-state index in [0.29, 0.717) is 39.3 Å². The number of carbonyl (C=O) groups excluding carboxylic acids is 3. The Balaban J connectivity index is 1.44.